The highest BCUT2D eigenvalue weighted by atomic mass is 32.2. The predicted octanol–water partition coefficient (Wildman–Crippen LogP) is 3.06. The second kappa shape index (κ2) is 10.6. The summed E-state index contributed by atoms with van der Waals surface area (Å²) in [4.78, 5) is 48.9. The average molecular weight is 474 g/mol. The van der Waals surface area contributed by atoms with Crippen LogP contribution in [0.5, 0.6) is 11.5 Å². The third-order valence-corrected chi connectivity index (χ3v) is 5.27. The van der Waals surface area contributed by atoms with Crippen molar-refractivity contribution in [2.24, 2.45) is 0 Å². The summed E-state index contributed by atoms with van der Waals surface area (Å²) in [6.45, 7) is -0.784. The van der Waals surface area contributed by atoms with Gasteiger partial charge in [0.05, 0.1) is 19.1 Å². The van der Waals surface area contributed by atoms with E-state index in [1.165, 1.54) is 44.6 Å². The largest absolute Gasteiger partial charge is 0.493 e. The molecule has 1 heterocycles. The number of nitrogens with one attached hydrogen (secondary N) is 1. The third-order valence-electron chi connectivity index (χ3n) is 4.36. The van der Waals surface area contributed by atoms with Gasteiger partial charge in [-0.05, 0) is 59.8 Å². The number of nitrogens with zero attached hydrogens (tertiary/aromatic N) is 1. The lowest BCUT2D eigenvalue weighted by Crippen LogP contribution is -2.34. The van der Waals surface area contributed by atoms with Crippen LogP contribution in [0.1, 0.15) is 5.56 Å². The van der Waals surface area contributed by atoms with Crippen LogP contribution in [0, 0.1) is 5.82 Å². The highest BCUT2D eigenvalue weighted by Crippen LogP contribution is 2.34. The summed E-state index contributed by atoms with van der Waals surface area (Å²) in [5.41, 5.74) is 0.965. The van der Waals surface area contributed by atoms with Crippen molar-refractivity contribution in [1.29, 1.82) is 0 Å². The molecule has 1 fully saturated rings. The van der Waals surface area contributed by atoms with Crippen LogP contribution < -0.4 is 14.8 Å². The van der Waals surface area contributed by atoms with Gasteiger partial charge in [-0.25, -0.2) is 4.39 Å². The van der Waals surface area contributed by atoms with E-state index in [0.717, 1.165) is 4.90 Å². The van der Waals surface area contributed by atoms with Crippen LogP contribution in [-0.4, -0.2) is 55.3 Å². The van der Waals surface area contributed by atoms with E-state index in [0.29, 0.717) is 28.8 Å². The van der Waals surface area contributed by atoms with Crippen molar-refractivity contribution in [3.8, 4) is 11.5 Å². The highest BCUT2D eigenvalue weighted by Gasteiger charge is 2.36. The summed E-state index contributed by atoms with van der Waals surface area (Å²) in [6, 6.07) is 10.0. The van der Waals surface area contributed by atoms with Gasteiger partial charge in [0.1, 0.15) is 12.4 Å². The fraction of sp³-hybridized carbons (Fsp3) is 0.182. The van der Waals surface area contributed by atoms with Gasteiger partial charge in [0.2, 0.25) is 0 Å². The maximum Gasteiger partial charge on any atom is 0.325 e. The van der Waals surface area contributed by atoms with Crippen LogP contribution in [0.3, 0.4) is 0 Å². The molecule has 0 spiro atoms. The molecule has 3 rings (SSSR count). The summed E-state index contributed by atoms with van der Waals surface area (Å²) in [6.07, 6.45) is 1.48. The molecular formula is C22H19FN2O7S. The standard InChI is InChI=1S/C22H19FN2O7S/c1-30-17-9-13(10-18-21(28)25(22(29)33-18)11-20(27)31-2)3-8-16(17)32-12-19(26)24-15-6-4-14(23)5-7-15/h3-10H,11-12H2,1-2H3,(H,24,26)/b18-10+. The molecule has 33 heavy (non-hydrogen) atoms. The molecule has 0 unspecified atom stereocenters. The molecule has 1 aliphatic rings. The molecule has 0 aliphatic carbocycles. The first-order chi connectivity index (χ1) is 15.8. The monoisotopic (exact) mass is 474 g/mol. The fourth-order valence-electron chi connectivity index (χ4n) is 2.75. The van der Waals surface area contributed by atoms with Gasteiger partial charge in [0.25, 0.3) is 17.1 Å². The number of carbonyl (C=O) groups excluding carboxylic acids is 4. The second-order valence-corrected chi connectivity index (χ2v) is 7.59. The van der Waals surface area contributed by atoms with Gasteiger partial charge < -0.3 is 19.5 Å². The van der Waals surface area contributed by atoms with E-state index < -0.39 is 35.4 Å². The van der Waals surface area contributed by atoms with Crippen molar-refractivity contribution in [2.45, 2.75) is 0 Å². The predicted molar refractivity (Wildman–Crippen MR) is 118 cm³/mol. The minimum atomic E-state index is -0.704. The van der Waals surface area contributed by atoms with E-state index in [9.17, 15) is 23.6 Å². The lowest BCUT2D eigenvalue weighted by atomic mass is 10.2. The Morgan fingerprint density at radius 2 is 1.82 bits per heavy atom. The summed E-state index contributed by atoms with van der Waals surface area (Å²) in [5, 5.41) is 2.00. The molecule has 0 bridgehead atoms. The van der Waals surface area contributed by atoms with Gasteiger partial charge >= 0.3 is 5.97 Å². The SMILES string of the molecule is COC(=O)CN1C(=O)S/C(=C/c2ccc(OCC(=O)Nc3ccc(F)cc3)c(OC)c2)C1=O. The van der Waals surface area contributed by atoms with Crippen LogP contribution in [0.4, 0.5) is 14.9 Å². The van der Waals surface area contributed by atoms with Gasteiger partial charge in [-0.1, -0.05) is 6.07 Å². The molecule has 11 heteroatoms. The highest BCUT2D eigenvalue weighted by molar-refractivity contribution is 8.18. The molecule has 0 atom stereocenters. The van der Waals surface area contributed by atoms with Crippen LogP contribution in [0.15, 0.2) is 47.4 Å². The molecule has 0 aromatic heterocycles. The Labute approximate surface area is 192 Å². The maximum atomic E-state index is 12.9. The molecule has 2 aromatic rings. The molecule has 9 nitrogen and oxygen atoms in total. The van der Waals surface area contributed by atoms with Crippen LogP contribution in [0.2, 0.25) is 0 Å². The summed E-state index contributed by atoms with van der Waals surface area (Å²) < 4.78 is 28.2. The van der Waals surface area contributed by atoms with Crippen molar-refractivity contribution in [1.82, 2.24) is 4.90 Å². The number of rotatable bonds is 8. The number of carbonyl (C=O) groups is 4. The van der Waals surface area contributed by atoms with E-state index in [4.69, 9.17) is 9.47 Å². The number of amides is 3. The number of esters is 1. The van der Waals surface area contributed by atoms with Crippen molar-refractivity contribution in [2.75, 3.05) is 32.7 Å². The van der Waals surface area contributed by atoms with Gasteiger partial charge in [-0.2, -0.15) is 0 Å². The summed E-state index contributed by atoms with van der Waals surface area (Å²) >= 11 is 0.705. The Bertz CT molecular complexity index is 1120. The molecule has 1 N–H and O–H groups in total. The van der Waals surface area contributed by atoms with Crippen molar-refractivity contribution >= 4 is 46.5 Å². The first-order valence-corrected chi connectivity index (χ1v) is 10.3. The van der Waals surface area contributed by atoms with Crippen molar-refractivity contribution < 1.29 is 37.8 Å². The zero-order valence-corrected chi connectivity index (χ0v) is 18.4. The molecule has 172 valence electrons. The molecular weight excluding hydrogens is 455 g/mol. The van der Waals surface area contributed by atoms with Gasteiger partial charge in [-0.15, -0.1) is 0 Å². The summed E-state index contributed by atoms with van der Waals surface area (Å²) in [7, 11) is 2.58. The number of hydrogen-bond acceptors (Lipinski definition) is 8. The van der Waals surface area contributed by atoms with Crippen molar-refractivity contribution in [3.63, 3.8) is 0 Å². The van der Waals surface area contributed by atoms with E-state index in [2.05, 4.69) is 10.1 Å². The Morgan fingerprint density at radius 3 is 2.48 bits per heavy atom. The minimum absolute atomic E-state index is 0.137. The quantitative estimate of drug-likeness (QED) is 0.459. The average Bonchev–Trinajstić information content (AvgIpc) is 3.06. The minimum Gasteiger partial charge on any atom is -0.493 e. The lowest BCUT2D eigenvalue weighted by molar-refractivity contribution is -0.143. The fourth-order valence-corrected chi connectivity index (χ4v) is 3.59. The van der Waals surface area contributed by atoms with Crippen LogP contribution in [-0.2, 0) is 19.1 Å². The lowest BCUT2D eigenvalue weighted by Gasteiger charge is -2.12. The second-order valence-electron chi connectivity index (χ2n) is 6.60. The smallest absolute Gasteiger partial charge is 0.325 e. The number of anilines is 1. The Kier molecular flexibility index (Phi) is 7.67. The van der Waals surface area contributed by atoms with E-state index >= 15 is 0 Å². The first kappa shape index (κ1) is 23.8. The topological polar surface area (TPSA) is 111 Å². The first-order valence-electron chi connectivity index (χ1n) is 9.49. The van der Waals surface area contributed by atoms with Gasteiger partial charge in [0, 0.05) is 5.69 Å². The maximum absolute atomic E-state index is 12.9. The molecule has 0 radical (unpaired) electrons. The van der Waals surface area contributed by atoms with E-state index in [-0.39, 0.29) is 17.3 Å². The molecule has 0 saturated carbocycles. The zero-order valence-electron chi connectivity index (χ0n) is 17.6. The molecule has 1 aliphatic heterocycles. The molecule has 3 amide bonds. The number of halogens is 1. The number of thioether (sulfide) groups is 1. The van der Waals surface area contributed by atoms with E-state index in [1.807, 2.05) is 0 Å². The van der Waals surface area contributed by atoms with Crippen LogP contribution in [0.25, 0.3) is 6.08 Å². The Balaban J connectivity index is 1.66. The van der Waals surface area contributed by atoms with Gasteiger partial charge in [0.15, 0.2) is 18.1 Å². The number of methoxy groups -OCH3 is 2. The number of hydrogen-bond donors (Lipinski definition) is 1. The third kappa shape index (κ3) is 6.10. The van der Waals surface area contributed by atoms with Gasteiger partial charge in [-0.3, -0.25) is 24.1 Å². The Hall–Kier alpha value is -3.86. The molecule has 1 saturated heterocycles. The zero-order chi connectivity index (χ0) is 24.0. The number of imide groups is 1. The van der Waals surface area contributed by atoms with Crippen LogP contribution >= 0.6 is 11.8 Å². The Morgan fingerprint density at radius 1 is 1.09 bits per heavy atom. The van der Waals surface area contributed by atoms with Crippen molar-refractivity contribution in [3.05, 3.63) is 58.8 Å². The molecule has 2 aromatic carbocycles. The van der Waals surface area contributed by atoms with E-state index in [1.54, 1.807) is 18.2 Å². The number of benzene rings is 2. The normalized spacial score (nSPS) is 14.4. The summed E-state index contributed by atoms with van der Waals surface area (Å²) in [5.74, 6) is -1.60. The number of ether oxygens (including phenoxy) is 3.